The Morgan fingerprint density at radius 2 is 1.96 bits per heavy atom. The van der Waals surface area contributed by atoms with Crippen molar-refractivity contribution in [1.82, 2.24) is 15.4 Å². The van der Waals surface area contributed by atoms with Crippen molar-refractivity contribution in [1.29, 1.82) is 0 Å². The number of anilines is 1. The number of carbonyl (C=O) groups is 2. The summed E-state index contributed by atoms with van der Waals surface area (Å²) in [7, 11) is 1.44. The minimum atomic E-state index is -0.690. The van der Waals surface area contributed by atoms with Crippen LogP contribution in [0.1, 0.15) is 38.2 Å². The maximum absolute atomic E-state index is 12.2. The van der Waals surface area contributed by atoms with Crippen LogP contribution in [0.15, 0.2) is 12.1 Å². The quantitative estimate of drug-likeness (QED) is 0.741. The second-order valence-corrected chi connectivity index (χ2v) is 6.81. The number of amides is 1. The molecular weight excluding hydrogens is 376 g/mol. The maximum atomic E-state index is 12.2. The first-order valence-corrected chi connectivity index (χ1v) is 8.49. The molecule has 1 aromatic carbocycles. The van der Waals surface area contributed by atoms with Crippen LogP contribution in [0.5, 0.6) is 5.75 Å². The third-order valence-corrected chi connectivity index (χ3v) is 3.49. The van der Waals surface area contributed by atoms with Gasteiger partial charge in [0.1, 0.15) is 17.0 Å². The average molecular weight is 397 g/mol. The van der Waals surface area contributed by atoms with Crippen molar-refractivity contribution < 1.29 is 23.8 Å². The van der Waals surface area contributed by atoms with Gasteiger partial charge >= 0.3 is 12.1 Å². The van der Waals surface area contributed by atoms with Gasteiger partial charge in [0.25, 0.3) is 0 Å². The Hall–Kier alpha value is -2.81. The number of esters is 1. The van der Waals surface area contributed by atoms with Crippen molar-refractivity contribution >= 4 is 29.4 Å². The van der Waals surface area contributed by atoms with Gasteiger partial charge < -0.3 is 14.2 Å². The molecule has 2 aromatic rings. The fraction of sp³-hybridized carbons (Fsp3) is 0.412. The Bertz CT molecular complexity index is 844. The number of halogens is 1. The Morgan fingerprint density at radius 3 is 2.56 bits per heavy atom. The van der Waals surface area contributed by atoms with Crippen LogP contribution in [-0.2, 0) is 9.47 Å². The number of hydrogen-bond donors (Lipinski definition) is 2. The summed E-state index contributed by atoms with van der Waals surface area (Å²) in [5.74, 6) is -0.330. The molecule has 2 rings (SSSR count). The van der Waals surface area contributed by atoms with Gasteiger partial charge in [-0.15, -0.1) is 5.10 Å². The number of aromatic amines is 1. The lowest BCUT2D eigenvalue weighted by Crippen LogP contribution is -2.27. The number of carbonyl (C=O) groups excluding carboxylic acids is 2. The molecule has 10 heteroatoms. The molecule has 27 heavy (non-hydrogen) atoms. The van der Waals surface area contributed by atoms with E-state index in [0.717, 1.165) is 0 Å². The molecule has 0 fully saturated rings. The molecular formula is C17H21ClN4O5. The van der Waals surface area contributed by atoms with E-state index in [0.29, 0.717) is 11.3 Å². The van der Waals surface area contributed by atoms with Gasteiger partial charge in [0, 0.05) is 11.6 Å². The normalized spacial score (nSPS) is 11.0. The lowest BCUT2D eigenvalue weighted by molar-refractivity contribution is 0.0519. The summed E-state index contributed by atoms with van der Waals surface area (Å²) in [5.41, 5.74) is 0.0767. The zero-order chi connectivity index (χ0) is 20.2. The average Bonchev–Trinajstić information content (AvgIpc) is 3.04. The van der Waals surface area contributed by atoms with Crippen LogP contribution in [0.25, 0.3) is 11.3 Å². The summed E-state index contributed by atoms with van der Waals surface area (Å²) in [6.45, 7) is 7.08. The van der Waals surface area contributed by atoms with E-state index in [9.17, 15) is 9.59 Å². The van der Waals surface area contributed by atoms with Gasteiger partial charge in [-0.25, -0.2) is 9.59 Å². The van der Waals surface area contributed by atoms with Gasteiger partial charge in [0.15, 0.2) is 5.69 Å². The Kier molecular flexibility index (Phi) is 6.27. The van der Waals surface area contributed by atoms with Gasteiger partial charge in [-0.1, -0.05) is 11.6 Å². The van der Waals surface area contributed by atoms with E-state index >= 15 is 0 Å². The van der Waals surface area contributed by atoms with Crippen LogP contribution in [0.4, 0.5) is 10.5 Å². The Balaban J connectivity index is 2.50. The first-order chi connectivity index (χ1) is 12.7. The number of H-pyrrole nitrogens is 1. The van der Waals surface area contributed by atoms with E-state index in [1.165, 1.54) is 19.2 Å². The molecule has 0 saturated carbocycles. The highest BCUT2D eigenvalue weighted by Gasteiger charge is 2.24. The lowest BCUT2D eigenvalue weighted by Gasteiger charge is -2.20. The van der Waals surface area contributed by atoms with Gasteiger partial charge in [-0.05, 0) is 33.8 Å². The van der Waals surface area contributed by atoms with Crippen LogP contribution < -0.4 is 10.1 Å². The molecule has 0 unspecified atom stereocenters. The number of nitrogens with one attached hydrogen (secondary N) is 2. The molecule has 0 saturated heterocycles. The Morgan fingerprint density at radius 1 is 1.26 bits per heavy atom. The van der Waals surface area contributed by atoms with E-state index in [4.69, 9.17) is 25.8 Å². The van der Waals surface area contributed by atoms with Crippen LogP contribution in [0.3, 0.4) is 0 Å². The third-order valence-electron chi connectivity index (χ3n) is 3.20. The van der Waals surface area contributed by atoms with E-state index < -0.39 is 17.7 Å². The van der Waals surface area contributed by atoms with E-state index in [2.05, 4.69) is 20.7 Å². The standard InChI is InChI=1S/C17H21ClN4O5/c1-6-26-15(23)14-13(20-22-21-14)9-7-10(18)12(25-5)8-11(9)19-16(24)27-17(2,3)4/h7-8H,6H2,1-5H3,(H,19,24)(H,20,21,22). The number of nitrogens with zero attached hydrogens (tertiary/aromatic N) is 2. The summed E-state index contributed by atoms with van der Waals surface area (Å²) < 4.78 is 15.5. The monoisotopic (exact) mass is 396 g/mol. The fourth-order valence-electron chi connectivity index (χ4n) is 2.18. The molecule has 1 heterocycles. The predicted octanol–water partition coefficient (Wildman–Crippen LogP) is 3.66. The van der Waals surface area contributed by atoms with Crippen molar-refractivity contribution in [3.05, 3.63) is 22.8 Å². The topological polar surface area (TPSA) is 115 Å². The van der Waals surface area contributed by atoms with Gasteiger partial charge in [-0.3, -0.25) is 5.32 Å². The van der Waals surface area contributed by atoms with Crippen LogP contribution in [-0.4, -0.2) is 46.8 Å². The molecule has 0 spiro atoms. The maximum Gasteiger partial charge on any atom is 0.412 e. The van der Waals surface area contributed by atoms with Crippen molar-refractivity contribution in [2.45, 2.75) is 33.3 Å². The first kappa shape index (κ1) is 20.5. The van der Waals surface area contributed by atoms with Crippen LogP contribution >= 0.6 is 11.6 Å². The minimum absolute atomic E-state index is 0.0367. The number of methoxy groups -OCH3 is 1. The third kappa shape index (κ3) is 5.10. The smallest absolute Gasteiger partial charge is 0.412 e. The van der Waals surface area contributed by atoms with E-state index in [1.54, 1.807) is 27.7 Å². The summed E-state index contributed by atoms with van der Waals surface area (Å²) in [4.78, 5) is 24.3. The zero-order valence-corrected chi connectivity index (χ0v) is 16.4. The molecule has 0 aliphatic rings. The molecule has 1 aromatic heterocycles. The predicted molar refractivity (Wildman–Crippen MR) is 99.2 cm³/mol. The largest absolute Gasteiger partial charge is 0.495 e. The van der Waals surface area contributed by atoms with Crippen LogP contribution in [0.2, 0.25) is 5.02 Å². The van der Waals surface area contributed by atoms with E-state index in [-0.39, 0.29) is 28.7 Å². The van der Waals surface area contributed by atoms with Gasteiger partial charge in [0.2, 0.25) is 0 Å². The lowest BCUT2D eigenvalue weighted by atomic mass is 10.1. The number of benzene rings is 1. The fourth-order valence-corrected chi connectivity index (χ4v) is 2.42. The van der Waals surface area contributed by atoms with Crippen molar-refractivity contribution in [3.63, 3.8) is 0 Å². The highest BCUT2D eigenvalue weighted by atomic mass is 35.5. The van der Waals surface area contributed by atoms with E-state index in [1.807, 2.05) is 0 Å². The molecule has 146 valence electrons. The molecule has 0 bridgehead atoms. The molecule has 1 amide bonds. The summed E-state index contributed by atoms with van der Waals surface area (Å²) in [6, 6.07) is 3.01. The van der Waals surface area contributed by atoms with Gasteiger partial charge in [-0.2, -0.15) is 10.3 Å². The van der Waals surface area contributed by atoms with Crippen molar-refractivity contribution in [2.75, 3.05) is 19.0 Å². The molecule has 0 radical (unpaired) electrons. The molecule has 0 aliphatic carbocycles. The zero-order valence-electron chi connectivity index (χ0n) is 15.7. The molecule has 2 N–H and O–H groups in total. The molecule has 0 aliphatic heterocycles. The second-order valence-electron chi connectivity index (χ2n) is 6.40. The number of rotatable bonds is 5. The summed E-state index contributed by atoms with van der Waals surface area (Å²) in [5, 5.41) is 13.1. The van der Waals surface area contributed by atoms with Crippen LogP contribution in [0, 0.1) is 0 Å². The van der Waals surface area contributed by atoms with Gasteiger partial charge in [0.05, 0.1) is 24.4 Å². The summed E-state index contributed by atoms with van der Waals surface area (Å²) >= 11 is 6.21. The highest BCUT2D eigenvalue weighted by Crippen LogP contribution is 2.37. The minimum Gasteiger partial charge on any atom is -0.495 e. The van der Waals surface area contributed by atoms with Crippen molar-refractivity contribution in [3.8, 4) is 17.0 Å². The Labute approximate surface area is 161 Å². The SMILES string of the molecule is CCOC(=O)c1n[nH]nc1-c1cc(Cl)c(OC)cc1NC(=O)OC(C)(C)C. The van der Waals surface area contributed by atoms with Crippen molar-refractivity contribution in [2.24, 2.45) is 0 Å². The summed E-state index contributed by atoms with van der Waals surface area (Å²) in [6.07, 6.45) is -0.686. The second kappa shape index (κ2) is 8.26. The number of ether oxygens (including phenoxy) is 3. The first-order valence-electron chi connectivity index (χ1n) is 8.12. The molecule has 9 nitrogen and oxygen atoms in total. The molecule has 0 atom stereocenters. The number of hydrogen-bond acceptors (Lipinski definition) is 7. The number of aromatic nitrogens is 3. The highest BCUT2D eigenvalue weighted by molar-refractivity contribution is 6.32.